The summed E-state index contributed by atoms with van der Waals surface area (Å²) < 4.78 is 0. The fourth-order valence-electron chi connectivity index (χ4n) is 3.62. The second kappa shape index (κ2) is 6.36. The molecule has 1 fully saturated rings. The normalized spacial score (nSPS) is 22.4. The van der Waals surface area contributed by atoms with E-state index < -0.39 is 0 Å². The predicted molar refractivity (Wildman–Crippen MR) is 85.0 cm³/mol. The van der Waals surface area contributed by atoms with Gasteiger partial charge in [0.15, 0.2) is 0 Å². The van der Waals surface area contributed by atoms with Gasteiger partial charge in [0.2, 0.25) is 0 Å². The quantitative estimate of drug-likeness (QED) is 0.825. The van der Waals surface area contributed by atoms with E-state index in [4.69, 9.17) is 0 Å². The Kier molecular flexibility index (Phi) is 4.31. The van der Waals surface area contributed by atoms with Crippen LogP contribution in [0.1, 0.15) is 44.1 Å². The molecular formula is C18H24N2. The van der Waals surface area contributed by atoms with Crippen molar-refractivity contribution in [2.24, 2.45) is 5.92 Å². The van der Waals surface area contributed by atoms with Crippen molar-refractivity contribution in [3.63, 3.8) is 0 Å². The number of aromatic nitrogens is 1. The van der Waals surface area contributed by atoms with Gasteiger partial charge < -0.3 is 5.32 Å². The number of hydrogen-bond acceptors (Lipinski definition) is 2. The zero-order valence-corrected chi connectivity index (χ0v) is 12.3. The van der Waals surface area contributed by atoms with Gasteiger partial charge in [0.1, 0.15) is 0 Å². The van der Waals surface area contributed by atoms with Crippen molar-refractivity contribution in [1.82, 2.24) is 10.3 Å². The van der Waals surface area contributed by atoms with Crippen LogP contribution in [0.3, 0.4) is 0 Å². The molecule has 0 aliphatic heterocycles. The summed E-state index contributed by atoms with van der Waals surface area (Å²) in [7, 11) is 0. The molecule has 1 aromatic carbocycles. The van der Waals surface area contributed by atoms with E-state index in [1.165, 1.54) is 42.0 Å². The van der Waals surface area contributed by atoms with Crippen molar-refractivity contribution in [2.75, 3.05) is 13.1 Å². The Morgan fingerprint density at radius 1 is 1.25 bits per heavy atom. The third-order valence-corrected chi connectivity index (χ3v) is 4.61. The van der Waals surface area contributed by atoms with Gasteiger partial charge >= 0.3 is 0 Å². The van der Waals surface area contributed by atoms with Crippen LogP contribution in [0.25, 0.3) is 10.8 Å². The van der Waals surface area contributed by atoms with Crippen LogP contribution in [0, 0.1) is 5.92 Å². The molecule has 2 aromatic rings. The Balaban J connectivity index is 1.86. The molecule has 0 radical (unpaired) electrons. The third-order valence-electron chi connectivity index (χ3n) is 4.61. The van der Waals surface area contributed by atoms with Crippen molar-refractivity contribution < 1.29 is 0 Å². The van der Waals surface area contributed by atoms with Crippen molar-refractivity contribution >= 4 is 10.8 Å². The van der Waals surface area contributed by atoms with Crippen LogP contribution in [-0.2, 0) is 0 Å². The van der Waals surface area contributed by atoms with Gasteiger partial charge in [-0.05, 0) is 61.2 Å². The van der Waals surface area contributed by atoms with Crippen molar-refractivity contribution in [1.29, 1.82) is 0 Å². The molecule has 1 N–H and O–H groups in total. The lowest BCUT2D eigenvalue weighted by Gasteiger charge is -2.22. The van der Waals surface area contributed by atoms with Crippen LogP contribution in [0.5, 0.6) is 0 Å². The molecule has 0 amide bonds. The highest BCUT2D eigenvalue weighted by Gasteiger charge is 2.29. The topological polar surface area (TPSA) is 24.9 Å². The molecule has 106 valence electrons. The third kappa shape index (κ3) is 2.71. The minimum absolute atomic E-state index is 0.701. The molecule has 2 atom stereocenters. The van der Waals surface area contributed by atoms with E-state index in [2.05, 4.69) is 41.5 Å². The average molecular weight is 268 g/mol. The van der Waals surface area contributed by atoms with E-state index in [9.17, 15) is 0 Å². The first-order valence-corrected chi connectivity index (χ1v) is 7.93. The molecule has 1 aliphatic carbocycles. The highest BCUT2D eigenvalue weighted by Crippen LogP contribution is 2.41. The first-order valence-electron chi connectivity index (χ1n) is 7.93. The second-order valence-corrected chi connectivity index (χ2v) is 5.95. The Morgan fingerprint density at radius 2 is 2.20 bits per heavy atom. The molecule has 1 heterocycles. The van der Waals surface area contributed by atoms with E-state index in [1.54, 1.807) is 0 Å². The van der Waals surface area contributed by atoms with Crippen LogP contribution < -0.4 is 5.32 Å². The van der Waals surface area contributed by atoms with E-state index >= 15 is 0 Å². The minimum Gasteiger partial charge on any atom is -0.316 e. The molecular weight excluding hydrogens is 244 g/mol. The number of benzene rings is 1. The molecule has 2 nitrogen and oxygen atoms in total. The molecule has 2 heteroatoms. The standard InChI is InChI=1S/C18H24N2/c1-2-10-19-12-15-6-4-7-16(15)17-8-3-5-14-9-11-20-13-18(14)17/h3,5,8-9,11,13,15-16,19H,2,4,6-7,10,12H2,1H3. The number of fused-ring (bicyclic) bond motifs is 1. The van der Waals surface area contributed by atoms with Gasteiger partial charge in [0.25, 0.3) is 0 Å². The summed E-state index contributed by atoms with van der Waals surface area (Å²) in [5, 5.41) is 6.28. The molecule has 3 rings (SSSR count). The van der Waals surface area contributed by atoms with Crippen molar-refractivity contribution in [3.05, 3.63) is 42.2 Å². The van der Waals surface area contributed by atoms with Crippen LogP contribution in [0.15, 0.2) is 36.7 Å². The van der Waals surface area contributed by atoms with Crippen LogP contribution in [-0.4, -0.2) is 18.1 Å². The summed E-state index contributed by atoms with van der Waals surface area (Å²) in [6, 6.07) is 8.83. The van der Waals surface area contributed by atoms with Crippen LogP contribution in [0.4, 0.5) is 0 Å². The summed E-state index contributed by atoms with van der Waals surface area (Å²) in [6.45, 7) is 4.53. The van der Waals surface area contributed by atoms with Gasteiger partial charge in [-0.2, -0.15) is 0 Å². The Bertz CT molecular complexity index is 559. The number of nitrogens with zero attached hydrogens (tertiary/aromatic N) is 1. The second-order valence-electron chi connectivity index (χ2n) is 5.95. The SMILES string of the molecule is CCCNCC1CCCC1c1cccc2ccncc12. The summed E-state index contributed by atoms with van der Waals surface area (Å²) in [5.74, 6) is 1.49. The first-order chi connectivity index (χ1) is 9.90. The fraction of sp³-hybridized carbons (Fsp3) is 0.500. The first kappa shape index (κ1) is 13.6. The highest BCUT2D eigenvalue weighted by atomic mass is 14.9. The highest BCUT2D eigenvalue weighted by molar-refractivity contribution is 5.85. The maximum absolute atomic E-state index is 4.33. The average Bonchev–Trinajstić information content (AvgIpc) is 2.95. The smallest absolute Gasteiger partial charge is 0.0349 e. The van der Waals surface area contributed by atoms with E-state index in [0.29, 0.717) is 5.92 Å². The van der Waals surface area contributed by atoms with Gasteiger partial charge in [-0.25, -0.2) is 0 Å². The lowest BCUT2D eigenvalue weighted by molar-refractivity contribution is 0.446. The van der Waals surface area contributed by atoms with Crippen molar-refractivity contribution in [2.45, 2.75) is 38.5 Å². The zero-order valence-electron chi connectivity index (χ0n) is 12.3. The Morgan fingerprint density at radius 3 is 3.10 bits per heavy atom. The Labute approximate surface area is 121 Å². The maximum atomic E-state index is 4.33. The minimum atomic E-state index is 0.701. The molecule has 1 aromatic heterocycles. The molecule has 0 bridgehead atoms. The molecule has 20 heavy (non-hydrogen) atoms. The van der Waals surface area contributed by atoms with Crippen LogP contribution >= 0.6 is 0 Å². The van der Waals surface area contributed by atoms with Gasteiger partial charge in [-0.1, -0.05) is 31.5 Å². The monoisotopic (exact) mass is 268 g/mol. The zero-order chi connectivity index (χ0) is 13.8. The largest absolute Gasteiger partial charge is 0.316 e. The number of pyridine rings is 1. The molecule has 0 saturated heterocycles. The molecule has 0 spiro atoms. The van der Waals surface area contributed by atoms with Crippen molar-refractivity contribution in [3.8, 4) is 0 Å². The summed E-state index contributed by atoms with van der Waals surface area (Å²) in [4.78, 5) is 4.33. The number of nitrogens with one attached hydrogen (secondary N) is 1. The van der Waals surface area contributed by atoms with Gasteiger partial charge in [0, 0.05) is 17.8 Å². The van der Waals surface area contributed by atoms with Gasteiger partial charge in [-0.3, -0.25) is 4.98 Å². The van der Waals surface area contributed by atoms with Gasteiger partial charge in [0.05, 0.1) is 0 Å². The number of rotatable bonds is 5. The molecule has 1 saturated carbocycles. The van der Waals surface area contributed by atoms with Crippen LogP contribution in [0.2, 0.25) is 0 Å². The predicted octanol–water partition coefficient (Wildman–Crippen LogP) is 4.12. The molecule has 1 aliphatic rings. The van der Waals surface area contributed by atoms with E-state index in [0.717, 1.165) is 19.0 Å². The number of hydrogen-bond donors (Lipinski definition) is 1. The summed E-state index contributed by atoms with van der Waals surface area (Å²) >= 11 is 0. The van der Waals surface area contributed by atoms with E-state index in [1.807, 2.05) is 12.4 Å². The Hall–Kier alpha value is -1.41. The fourth-order valence-corrected chi connectivity index (χ4v) is 3.62. The summed E-state index contributed by atoms with van der Waals surface area (Å²) in [5.41, 5.74) is 1.51. The maximum Gasteiger partial charge on any atom is 0.0349 e. The van der Waals surface area contributed by atoms with Gasteiger partial charge in [-0.15, -0.1) is 0 Å². The lowest BCUT2D eigenvalue weighted by atomic mass is 9.86. The summed E-state index contributed by atoms with van der Waals surface area (Å²) in [6.07, 6.45) is 9.19. The van der Waals surface area contributed by atoms with E-state index in [-0.39, 0.29) is 0 Å². The molecule has 2 unspecified atom stereocenters. The lowest BCUT2D eigenvalue weighted by Crippen LogP contribution is -2.25.